The van der Waals surface area contributed by atoms with Gasteiger partial charge < -0.3 is 0 Å². The number of hydrogen-bond donors (Lipinski definition) is 0. The second kappa shape index (κ2) is 8.63. The average Bonchev–Trinajstić information content (AvgIpc) is 2.41. The van der Waals surface area contributed by atoms with Crippen molar-refractivity contribution in [2.75, 3.05) is 13.1 Å². The molecule has 0 heterocycles. The summed E-state index contributed by atoms with van der Waals surface area (Å²) in [5, 5.41) is 1.56. The van der Waals surface area contributed by atoms with Gasteiger partial charge in [-0.2, -0.15) is 0 Å². The van der Waals surface area contributed by atoms with Crippen molar-refractivity contribution in [1.82, 2.24) is 4.90 Å². The van der Waals surface area contributed by atoms with Crippen molar-refractivity contribution in [3.8, 4) is 0 Å². The summed E-state index contributed by atoms with van der Waals surface area (Å²) in [7, 11) is -1.15. The lowest BCUT2D eigenvalue weighted by molar-refractivity contribution is 0.257. The first-order valence-corrected chi connectivity index (χ1v) is 11.8. The third-order valence-electron chi connectivity index (χ3n) is 3.88. The van der Waals surface area contributed by atoms with Crippen LogP contribution in [0, 0.1) is 0 Å². The molecule has 0 radical (unpaired) electrons. The maximum absolute atomic E-state index is 2.62. The van der Waals surface area contributed by atoms with Crippen molar-refractivity contribution in [2.45, 2.75) is 65.7 Å². The first-order chi connectivity index (χ1) is 9.47. The van der Waals surface area contributed by atoms with Crippen LogP contribution < -0.4 is 5.19 Å². The Kier molecular flexibility index (Phi) is 7.53. The van der Waals surface area contributed by atoms with Gasteiger partial charge in [-0.1, -0.05) is 75.8 Å². The van der Waals surface area contributed by atoms with Crippen molar-refractivity contribution in [2.24, 2.45) is 0 Å². The number of benzene rings is 1. The molecule has 0 fully saturated rings. The van der Waals surface area contributed by atoms with Crippen LogP contribution in [0.15, 0.2) is 24.3 Å². The number of rotatable bonds is 9. The zero-order valence-corrected chi connectivity index (χ0v) is 15.2. The molecule has 0 bridgehead atoms. The van der Waals surface area contributed by atoms with Crippen molar-refractivity contribution < 1.29 is 0 Å². The Balaban J connectivity index is 2.62. The maximum atomic E-state index is 2.62. The van der Waals surface area contributed by atoms with E-state index in [2.05, 4.69) is 62.7 Å². The zero-order valence-electron chi connectivity index (χ0n) is 14.2. The van der Waals surface area contributed by atoms with Gasteiger partial charge in [-0.05, 0) is 31.5 Å². The molecule has 1 rings (SSSR count). The highest BCUT2D eigenvalue weighted by molar-refractivity contribution is 6.88. The molecule has 1 aromatic rings. The molecule has 20 heavy (non-hydrogen) atoms. The van der Waals surface area contributed by atoms with E-state index in [1.807, 2.05) is 0 Å². The van der Waals surface area contributed by atoms with Gasteiger partial charge in [0.2, 0.25) is 0 Å². The fourth-order valence-electron chi connectivity index (χ4n) is 2.40. The van der Waals surface area contributed by atoms with E-state index in [-0.39, 0.29) is 0 Å². The van der Waals surface area contributed by atoms with Crippen LogP contribution in [0.2, 0.25) is 19.6 Å². The lowest BCUT2D eigenvalue weighted by atomic mass is 10.2. The van der Waals surface area contributed by atoms with E-state index in [1.54, 1.807) is 5.19 Å². The van der Waals surface area contributed by atoms with Crippen molar-refractivity contribution >= 4 is 13.3 Å². The zero-order chi connectivity index (χ0) is 15.0. The molecule has 0 N–H and O–H groups in total. The molecule has 0 spiro atoms. The minimum absolute atomic E-state index is 1.12. The molecule has 0 aromatic heterocycles. The largest absolute Gasteiger partial charge is 0.299 e. The van der Waals surface area contributed by atoms with E-state index in [4.69, 9.17) is 0 Å². The Hall–Kier alpha value is -0.603. The topological polar surface area (TPSA) is 3.24 Å². The van der Waals surface area contributed by atoms with E-state index in [9.17, 15) is 0 Å². The number of unbranched alkanes of at least 4 members (excludes halogenated alkanes) is 2. The smallest absolute Gasteiger partial charge is 0.0775 e. The number of hydrogen-bond acceptors (Lipinski definition) is 1. The van der Waals surface area contributed by atoms with Crippen molar-refractivity contribution in [1.29, 1.82) is 0 Å². The van der Waals surface area contributed by atoms with Crippen LogP contribution in [0.25, 0.3) is 0 Å². The quantitative estimate of drug-likeness (QED) is 0.599. The highest BCUT2D eigenvalue weighted by Gasteiger charge is 2.15. The molecule has 0 saturated carbocycles. The third kappa shape index (κ3) is 6.23. The molecule has 0 amide bonds. The molecule has 0 saturated heterocycles. The summed E-state index contributed by atoms with van der Waals surface area (Å²) in [4.78, 5) is 2.62. The molecule has 1 nitrogen and oxygen atoms in total. The molecule has 114 valence electrons. The summed E-state index contributed by atoms with van der Waals surface area (Å²) < 4.78 is 0. The summed E-state index contributed by atoms with van der Waals surface area (Å²) in [5.41, 5.74) is 1.47. The van der Waals surface area contributed by atoms with Crippen molar-refractivity contribution in [3.63, 3.8) is 0 Å². The SMILES string of the molecule is CCCCN(CCCC)Cc1ccc([Si](C)(C)C)cc1. The van der Waals surface area contributed by atoms with Crippen LogP contribution in [-0.2, 0) is 6.54 Å². The fraction of sp³-hybridized carbons (Fsp3) is 0.667. The van der Waals surface area contributed by atoms with Gasteiger partial charge in [-0.25, -0.2) is 0 Å². The third-order valence-corrected chi connectivity index (χ3v) is 5.95. The van der Waals surface area contributed by atoms with Crippen LogP contribution in [0.3, 0.4) is 0 Å². The summed E-state index contributed by atoms with van der Waals surface area (Å²) in [5.74, 6) is 0. The minimum Gasteiger partial charge on any atom is -0.299 e. The Morgan fingerprint density at radius 1 is 0.850 bits per heavy atom. The van der Waals surface area contributed by atoms with Crippen LogP contribution in [0.5, 0.6) is 0 Å². The van der Waals surface area contributed by atoms with Gasteiger partial charge in [-0.15, -0.1) is 0 Å². The van der Waals surface area contributed by atoms with Gasteiger partial charge in [0.1, 0.15) is 0 Å². The van der Waals surface area contributed by atoms with Gasteiger partial charge in [0, 0.05) is 6.54 Å². The molecule has 2 heteroatoms. The van der Waals surface area contributed by atoms with E-state index in [1.165, 1.54) is 44.3 Å². The molecule has 0 aliphatic rings. The van der Waals surface area contributed by atoms with E-state index in [0.717, 1.165) is 6.54 Å². The van der Waals surface area contributed by atoms with E-state index < -0.39 is 8.07 Å². The second-order valence-corrected chi connectivity index (χ2v) is 12.0. The Labute approximate surface area is 127 Å². The average molecular weight is 292 g/mol. The molecule has 1 aromatic carbocycles. The first kappa shape index (κ1) is 17.4. The fourth-order valence-corrected chi connectivity index (χ4v) is 3.57. The summed E-state index contributed by atoms with van der Waals surface area (Å²) in [6, 6.07) is 9.41. The second-order valence-electron chi connectivity index (χ2n) is 6.93. The van der Waals surface area contributed by atoms with Crippen LogP contribution >= 0.6 is 0 Å². The van der Waals surface area contributed by atoms with E-state index in [0.29, 0.717) is 0 Å². The van der Waals surface area contributed by atoms with Gasteiger partial charge >= 0.3 is 0 Å². The molecule has 0 aliphatic carbocycles. The standard InChI is InChI=1S/C18H33NSi/c1-6-8-14-19(15-9-7-2)16-17-10-12-18(13-11-17)20(3,4)5/h10-13H,6-9,14-16H2,1-5H3. The van der Waals surface area contributed by atoms with Crippen LogP contribution in [-0.4, -0.2) is 26.1 Å². The monoisotopic (exact) mass is 291 g/mol. The van der Waals surface area contributed by atoms with Crippen LogP contribution in [0.4, 0.5) is 0 Å². The van der Waals surface area contributed by atoms with Gasteiger partial charge in [0.15, 0.2) is 0 Å². The molecule has 0 aliphatic heterocycles. The minimum atomic E-state index is -1.15. The summed E-state index contributed by atoms with van der Waals surface area (Å²) in [6.07, 6.45) is 5.21. The van der Waals surface area contributed by atoms with Crippen LogP contribution in [0.1, 0.15) is 45.1 Å². The Bertz CT molecular complexity index is 356. The van der Waals surface area contributed by atoms with Crippen molar-refractivity contribution in [3.05, 3.63) is 29.8 Å². The molecular weight excluding hydrogens is 258 g/mol. The molecule has 0 atom stereocenters. The Morgan fingerprint density at radius 3 is 1.75 bits per heavy atom. The predicted octanol–water partition coefficient (Wildman–Crippen LogP) is 4.63. The highest BCUT2D eigenvalue weighted by atomic mass is 28.3. The van der Waals surface area contributed by atoms with Gasteiger partial charge in [0.05, 0.1) is 8.07 Å². The predicted molar refractivity (Wildman–Crippen MR) is 94.5 cm³/mol. The van der Waals surface area contributed by atoms with Gasteiger partial charge in [-0.3, -0.25) is 4.90 Å². The number of nitrogens with zero attached hydrogens (tertiary/aromatic N) is 1. The normalized spacial score (nSPS) is 12.1. The van der Waals surface area contributed by atoms with Gasteiger partial charge in [0.25, 0.3) is 0 Å². The first-order valence-electron chi connectivity index (χ1n) is 8.29. The summed E-state index contributed by atoms with van der Waals surface area (Å²) >= 11 is 0. The highest BCUT2D eigenvalue weighted by Crippen LogP contribution is 2.09. The van der Waals surface area contributed by atoms with E-state index >= 15 is 0 Å². The molecule has 0 unspecified atom stereocenters. The lowest BCUT2D eigenvalue weighted by Gasteiger charge is -2.23. The Morgan fingerprint density at radius 2 is 1.35 bits per heavy atom. The lowest BCUT2D eigenvalue weighted by Crippen LogP contribution is -2.37. The summed E-state index contributed by atoms with van der Waals surface area (Å²) in [6.45, 7) is 15.4. The maximum Gasteiger partial charge on any atom is 0.0775 e. The molecular formula is C18H33NSi.